The SMILES string of the molecule is Nc1ccc(C(=O)N2CCN(CC(=O)NC3CC3)CC2)cc1[N+](=O)[O-]. The fourth-order valence-electron chi connectivity index (χ4n) is 2.83. The summed E-state index contributed by atoms with van der Waals surface area (Å²) in [4.78, 5) is 38.4. The first-order valence-electron chi connectivity index (χ1n) is 8.29. The first-order valence-corrected chi connectivity index (χ1v) is 8.29. The van der Waals surface area contributed by atoms with Crippen molar-refractivity contribution in [2.24, 2.45) is 0 Å². The Hall–Kier alpha value is -2.68. The van der Waals surface area contributed by atoms with Gasteiger partial charge in [0.15, 0.2) is 0 Å². The van der Waals surface area contributed by atoms with Gasteiger partial charge in [0.25, 0.3) is 11.6 Å². The molecule has 1 heterocycles. The van der Waals surface area contributed by atoms with E-state index in [-0.39, 0.29) is 28.8 Å². The van der Waals surface area contributed by atoms with Gasteiger partial charge in [0.2, 0.25) is 5.91 Å². The molecule has 3 N–H and O–H groups in total. The number of carbonyl (C=O) groups is 2. The third kappa shape index (κ3) is 4.24. The average Bonchev–Trinajstić information content (AvgIpc) is 3.39. The van der Waals surface area contributed by atoms with Crippen molar-refractivity contribution >= 4 is 23.2 Å². The highest BCUT2D eigenvalue weighted by Gasteiger charge is 2.27. The molecule has 0 unspecified atom stereocenters. The van der Waals surface area contributed by atoms with Gasteiger partial charge < -0.3 is 16.0 Å². The number of nitrogens with two attached hydrogens (primary N) is 1. The smallest absolute Gasteiger partial charge is 0.292 e. The molecule has 1 aliphatic carbocycles. The van der Waals surface area contributed by atoms with Crippen LogP contribution < -0.4 is 11.1 Å². The maximum Gasteiger partial charge on any atom is 0.292 e. The number of hydrogen-bond donors (Lipinski definition) is 2. The highest BCUT2D eigenvalue weighted by Crippen LogP contribution is 2.23. The predicted molar refractivity (Wildman–Crippen MR) is 91.0 cm³/mol. The number of nitro groups is 1. The first kappa shape index (κ1) is 17.2. The Labute approximate surface area is 144 Å². The van der Waals surface area contributed by atoms with Crippen molar-refractivity contribution in [3.63, 3.8) is 0 Å². The second kappa shape index (κ2) is 7.06. The molecule has 1 aromatic rings. The van der Waals surface area contributed by atoms with Crippen LogP contribution in [0.2, 0.25) is 0 Å². The molecule has 1 aromatic carbocycles. The van der Waals surface area contributed by atoms with E-state index in [1.54, 1.807) is 4.90 Å². The third-order valence-corrected chi connectivity index (χ3v) is 4.44. The number of anilines is 1. The molecule has 2 fully saturated rings. The van der Waals surface area contributed by atoms with E-state index in [1.165, 1.54) is 18.2 Å². The molecule has 0 spiro atoms. The van der Waals surface area contributed by atoms with Crippen molar-refractivity contribution in [2.75, 3.05) is 38.5 Å². The van der Waals surface area contributed by atoms with Gasteiger partial charge in [-0.2, -0.15) is 0 Å². The summed E-state index contributed by atoms with van der Waals surface area (Å²) in [5, 5.41) is 13.9. The van der Waals surface area contributed by atoms with Crippen LogP contribution in [0.25, 0.3) is 0 Å². The van der Waals surface area contributed by atoms with E-state index in [0.29, 0.717) is 38.8 Å². The lowest BCUT2D eigenvalue weighted by atomic mass is 10.1. The molecule has 1 saturated heterocycles. The molecule has 2 amide bonds. The maximum atomic E-state index is 12.5. The quantitative estimate of drug-likeness (QED) is 0.446. The Morgan fingerprint density at radius 1 is 1.24 bits per heavy atom. The van der Waals surface area contributed by atoms with E-state index in [2.05, 4.69) is 5.32 Å². The van der Waals surface area contributed by atoms with Gasteiger partial charge >= 0.3 is 0 Å². The van der Waals surface area contributed by atoms with E-state index in [9.17, 15) is 19.7 Å². The molecule has 0 bridgehead atoms. The maximum absolute atomic E-state index is 12.5. The summed E-state index contributed by atoms with van der Waals surface area (Å²) in [6.45, 7) is 2.50. The number of carbonyl (C=O) groups excluding carboxylic acids is 2. The lowest BCUT2D eigenvalue weighted by molar-refractivity contribution is -0.383. The standard InChI is InChI=1S/C16H21N5O4/c17-13-4-1-11(9-14(13)21(24)25)16(23)20-7-5-19(6-8-20)10-15(22)18-12-2-3-12/h1,4,9,12H,2-3,5-8,10,17H2,(H,18,22). The Morgan fingerprint density at radius 2 is 1.92 bits per heavy atom. The molecule has 25 heavy (non-hydrogen) atoms. The van der Waals surface area contributed by atoms with E-state index in [4.69, 9.17) is 5.73 Å². The zero-order valence-corrected chi connectivity index (χ0v) is 13.8. The molecule has 0 aromatic heterocycles. The molecule has 0 radical (unpaired) electrons. The molecule has 0 atom stereocenters. The van der Waals surface area contributed by atoms with Gasteiger partial charge in [-0.15, -0.1) is 0 Å². The van der Waals surface area contributed by atoms with E-state index < -0.39 is 4.92 Å². The van der Waals surface area contributed by atoms with Crippen molar-refractivity contribution in [3.05, 3.63) is 33.9 Å². The highest BCUT2D eigenvalue weighted by molar-refractivity contribution is 5.95. The lowest BCUT2D eigenvalue weighted by Gasteiger charge is -2.34. The fourth-order valence-corrected chi connectivity index (χ4v) is 2.83. The first-order chi connectivity index (χ1) is 11.9. The van der Waals surface area contributed by atoms with Crippen LogP contribution in [0.1, 0.15) is 23.2 Å². The second-order valence-electron chi connectivity index (χ2n) is 6.44. The Balaban J connectivity index is 1.55. The Kier molecular flexibility index (Phi) is 4.84. The van der Waals surface area contributed by atoms with Crippen LogP contribution in [-0.4, -0.2) is 65.3 Å². The van der Waals surface area contributed by atoms with Crippen molar-refractivity contribution in [1.82, 2.24) is 15.1 Å². The molecule has 1 saturated carbocycles. The molecule has 1 aliphatic heterocycles. The zero-order chi connectivity index (χ0) is 18.0. The van der Waals surface area contributed by atoms with Gasteiger partial charge in [-0.05, 0) is 25.0 Å². The molecule has 9 nitrogen and oxygen atoms in total. The van der Waals surface area contributed by atoms with Gasteiger partial charge in [0, 0.05) is 43.9 Å². The van der Waals surface area contributed by atoms with Gasteiger partial charge in [-0.3, -0.25) is 24.6 Å². The summed E-state index contributed by atoms with van der Waals surface area (Å²) in [6.07, 6.45) is 2.11. The van der Waals surface area contributed by atoms with Gasteiger partial charge in [0.05, 0.1) is 11.5 Å². The molecule has 2 aliphatic rings. The molecular formula is C16H21N5O4. The topological polar surface area (TPSA) is 122 Å². The Morgan fingerprint density at radius 3 is 2.52 bits per heavy atom. The fraction of sp³-hybridized carbons (Fsp3) is 0.500. The van der Waals surface area contributed by atoms with Crippen molar-refractivity contribution in [1.29, 1.82) is 0 Å². The van der Waals surface area contributed by atoms with Crippen molar-refractivity contribution in [2.45, 2.75) is 18.9 Å². The number of nitro benzene ring substituents is 1. The average molecular weight is 347 g/mol. The lowest BCUT2D eigenvalue weighted by Crippen LogP contribution is -2.51. The Bertz CT molecular complexity index is 696. The molecule has 9 heteroatoms. The van der Waals surface area contributed by atoms with Crippen molar-refractivity contribution in [3.8, 4) is 0 Å². The normalized spacial score (nSPS) is 18.0. The predicted octanol–water partition coefficient (Wildman–Crippen LogP) is 0.213. The monoisotopic (exact) mass is 347 g/mol. The summed E-state index contributed by atoms with van der Waals surface area (Å²) in [5.41, 5.74) is 5.58. The molecule has 3 rings (SSSR count). The molecular weight excluding hydrogens is 326 g/mol. The summed E-state index contributed by atoms with van der Waals surface area (Å²) < 4.78 is 0. The van der Waals surface area contributed by atoms with E-state index in [1.807, 2.05) is 4.90 Å². The summed E-state index contributed by atoms with van der Waals surface area (Å²) in [7, 11) is 0. The number of hydrogen-bond acceptors (Lipinski definition) is 6. The second-order valence-corrected chi connectivity index (χ2v) is 6.44. The number of piperazine rings is 1. The number of nitrogens with zero attached hydrogens (tertiary/aromatic N) is 3. The van der Waals surface area contributed by atoms with E-state index >= 15 is 0 Å². The molecule has 134 valence electrons. The van der Waals surface area contributed by atoms with Gasteiger partial charge in [0.1, 0.15) is 5.69 Å². The zero-order valence-electron chi connectivity index (χ0n) is 13.8. The van der Waals surface area contributed by atoms with Crippen molar-refractivity contribution < 1.29 is 14.5 Å². The number of benzene rings is 1. The van der Waals surface area contributed by atoms with Crippen LogP contribution in [0.15, 0.2) is 18.2 Å². The minimum Gasteiger partial charge on any atom is -0.393 e. The van der Waals surface area contributed by atoms with Crippen LogP contribution in [-0.2, 0) is 4.79 Å². The van der Waals surface area contributed by atoms with Crippen LogP contribution in [0.5, 0.6) is 0 Å². The number of rotatable bonds is 5. The van der Waals surface area contributed by atoms with E-state index in [0.717, 1.165) is 12.8 Å². The van der Waals surface area contributed by atoms with Crippen LogP contribution in [0, 0.1) is 10.1 Å². The minimum absolute atomic E-state index is 0.0245. The van der Waals surface area contributed by atoms with Gasteiger partial charge in [-0.25, -0.2) is 0 Å². The van der Waals surface area contributed by atoms with Crippen LogP contribution in [0.4, 0.5) is 11.4 Å². The summed E-state index contributed by atoms with van der Waals surface area (Å²) in [6, 6.07) is 4.44. The van der Waals surface area contributed by atoms with Crippen LogP contribution in [0.3, 0.4) is 0 Å². The minimum atomic E-state index is -0.595. The number of amides is 2. The highest BCUT2D eigenvalue weighted by atomic mass is 16.6. The number of nitrogens with one attached hydrogen (secondary N) is 1. The van der Waals surface area contributed by atoms with Crippen LogP contribution >= 0.6 is 0 Å². The summed E-state index contributed by atoms with van der Waals surface area (Å²) >= 11 is 0. The third-order valence-electron chi connectivity index (χ3n) is 4.44. The summed E-state index contributed by atoms with van der Waals surface area (Å²) in [5.74, 6) is -0.235. The number of nitrogen functional groups attached to an aromatic ring is 1. The van der Waals surface area contributed by atoms with Gasteiger partial charge in [-0.1, -0.05) is 0 Å². The largest absolute Gasteiger partial charge is 0.393 e.